The lowest BCUT2D eigenvalue weighted by molar-refractivity contribution is -0.870. The van der Waals surface area contributed by atoms with Crippen molar-refractivity contribution < 1.29 is 32.9 Å². The number of carbonyl (C=O) groups is 1. The maximum atomic E-state index is 13.0. The number of phosphoric acid groups is 1. The van der Waals surface area contributed by atoms with E-state index in [2.05, 4.69) is 55.6 Å². The van der Waals surface area contributed by atoms with Crippen molar-refractivity contribution in [1.82, 2.24) is 5.32 Å². The van der Waals surface area contributed by atoms with E-state index in [9.17, 15) is 19.4 Å². The van der Waals surface area contributed by atoms with Gasteiger partial charge in [0, 0.05) is 6.42 Å². The number of nitrogens with zero attached hydrogens (tertiary/aromatic N) is 1. The monoisotopic (exact) mass is 1200 g/mol. The first kappa shape index (κ1) is 82.5. The van der Waals surface area contributed by atoms with E-state index in [1.807, 2.05) is 27.2 Å². The van der Waals surface area contributed by atoms with Crippen molar-refractivity contribution in [2.24, 2.45) is 0 Å². The number of unbranched alkanes of at least 4 members (excludes halogenated alkanes) is 50. The lowest BCUT2D eigenvalue weighted by atomic mass is 10.0. The average Bonchev–Trinajstić information content (AvgIpc) is 3.56. The van der Waals surface area contributed by atoms with Gasteiger partial charge >= 0.3 is 0 Å². The van der Waals surface area contributed by atoms with Crippen LogP contribution in [0.1, 0.15) is 373 Å². The fourth-order valence-electron chi connectivity index (χ4n) is 11.2. The molecule has 0 aromatic carbocycles. The van der Waals surface area contributed by atoms with Gasteiger partial charge in [-0.05, 0) is 70.6 Å². The van der Waals surface area contributed by atoms with Crippen molar-refractivity contribution >= 4 is 13.7 Å². The molecule has 84 heavy (non-hydrogen) atoms. The number of aliphatic hydroxyl groups excluding tert-OH is 1. The van der Waals surface area contributed by atoms with Crippen LogP contribution >= 0.6 is 7.82 Å². The molecule has 3 unspecified atom stereocenters. The van der Waals surface area contributed by atoms with Gasteiger partial charge in [-0.1, -0.05) is 345 Å². The first-order chi connectivity index (χ1) is 41.0. The van der Waals surface area contributed by atoms with Crippen LogP contribution in [0.4, 0.5) is 0 Å². The minimum atomic E-state index is -4.62. The predicted octanol–water partition coefficient (Wildman–Crippen LogP) is 23.2. The maximum Gasteiger partial charge on any atom is 0.268 e. The lowest BCUT2D eigenvalue weighted by Gasteiger charge is -2.29. The zero-order valence-corrected chi connectivity index (χ0v) is 57.8. The molecule has 0 saturated carbocycles. The summed E-state index contributed by atoms with van der Waals surface area (Å²) < 4.78 is 23.4. The molecule has 0 aliphatic carbocycles. The molecule has 0 aromatic rings. The normalized spacial score (nSPS) is 13.8. The molecule has 1 amide bonds. The Balaban J connectivity index is 4.01. The zero-order chi connectivity index (χ0) is 61.2. The van der Waals surface area contributed by atoms with E-state index in [0.29, 0.717) is 17.4 Å². The minimum Gasteiger partial charge on any atom is -0.756 e. The van der Waals surface area contributed by atoms with Crippen molar-refractivity contribution in [1.29, 1.82) is 0 Å². The Morgan fingerprint density at radius 3 is 0.964 bits per heavy atom. The maximum absolute atomic E-state index is 13.0. The molecule has 0 radical (unpaired) electrons. The highest BCUT2D eigenvalue weighted by atomic mass is 31.2. The van der Waals surface area contributed by atoms with Gasteiger partial charge in [-0.25, -0.2) is 0 Å². The molecular formula is C75H145N2O6P. The number of allylic oxidation sites excluding steroid dienone is 7. The minimum absolute atomic E-state index is 0.00779. The Morgan fingerprint density at radius 1 is 0.405 bits per heavy atom. The summed E-state index contributed by atoms with van der Waals surface area (Å²) in [5.74, 6) is -0.204. The molecule has 9 heteroatoms. The quantitative estimate of drug-likeness (QED) is 0.0272. The van der Waals surface area contributed by atoms with E-state index in [1.54, 1.807) is 6.08 Å². The van der Waals surface area contributed by atoms with Crippen LogP contribution in [-0.4, -0.2) is 68.5 Å². The van der Waals surface area contributed by atoms with Gasteiger partial charge in [-0.3, -0.25) is 9.36 Å². The summed E-state index contributed by atoms with van der Waals surface area (Å²) in [5, 5.41) is 13.9. The van der Waals surface area contributed by atoms with Crippen molar-refractivity contribution in [2.45, 2.75) is 386 Å². The number of carbonyl (C=O) groups excluding carboxylic acids is 1. The summed E-state index contributed by atoms with van der Waals surface area (Å²) in [5.41, 5.74) is 0. The van der Waals surface area contributed by atoms with Gasteiger partial charge in [0.2, 0.25) is 5.91 Å². The van der Waals surface area contributed by atoms with Gasteiger partial charge in [0.05, 0.1) is 39.9 Å². The van der Waals surface area contributed by atoms with Gasteiger partial charge < -0.3 is 28.8 Å². The zero-order valence-electron chi connectivity index (χ0n) is 56.9. The third-order valence-corrected chi connectivity index (χ3v) is 18.0. The smallest absolute Gasteiger partial charge is 0.268 e. The Morgan fingerprint density at radius 2 is 0.667 bits per heavy atom. The summed E-state index contributed by atoms with van der Waals surface area (Å²) >= 11 is 0. The highest BCUT2D eigenvalue weighted by Gasteiger charge is 2.23. The molecule has 2 N–H and O–H groups in total. The number of phosphoric ester groups is 1. The third-order valence-electron chi connectivity index (χ3n) is 17.0. The molecule has 0 bridgehead atoms. The molecular weight excluding hydrogens is 1060 g/mol. The van der Waals surface area contributed by atoms with Crippen LogP contribution in [0, 0.1) is 0 Å². The predicted molar refractivity (Wildman–Crippen MR) is 367 cm³/mol. The van der Waals surface area contributed by atoms with Crippen LogP contribution < -0.4 is 10.2 Å². The van der Waals surface area contributed by atoms with Crippen molar-refractivity contribution in [3.8, 4) is 0 Å². The van der Waals surface area contributed by atoms with Crippen molar-refractivity contribution in [3.63, 3.8) is 0 Å². The number of amides is 1. The Bertz CT molecular complexity index is 1510. The average molecular weight is 1200 g/mol. The molecule has 0 rings (SSSR count). The highest BCUT2D eigenvalue weighted by Crippen LogP contribution is 2.38. The second-order valence-electron chi connectivity index (χ2n) is 26.6. The second-order valence-corrected chi connectivity index (χ2v) is 28.0. The first-order valence-electron chi connectivity index (χ1n) is 37.0. The van der Waals surface area contributed by atoms with Crippen molar-refractivity contribution in [3.05, 3.63) is 48.6 Å². The summed E-state index contributed by atoms with van der Waals surface area (Å²) in [6.45, 7) is 4.67. The van der Waals surface area contributed by atoms with Crippen LogP contribution in [0.3, 0.4) is 0 Å². The number of rotatable bonds is 69. The summed E-state index contributed by atoms with van der Waals surface area (Å²) in [7, 11) is 1.25. The molecule has 0 heterocycles. The highest BCUT2D eigenvalue weighted by molar-refractivity contribution is 7.45. The Labute approximate surface area is 524 Å². The van der Waals surface area contributed by atoms with Crippen LogP contribution in [0.15, 0.2) is 48.6 Å². The SMILES string of the molecule is CCCCCCCCCC/C=C\CCCCCCCCCCCCCCCCCCCCCCCCCCCC(=O)NC(COP(=O)([O-])OCC[N+](C)(C)C)C(O)/C=C/CC/C=C/CC/C=C/CCCCCCCCCCCCCCCCC. The first-order valence-corrected chi connectivity index (χ1v) is 38.5. The van der Waals surface area contributed by atoms with E-state index < -0.39 is 26.6 Å². The number of hydrogen-bond acceptors (Lipinski definition) is 6. The van der Waals surface area contributed by atoms with Crippen LogP contribution in [0.25, 0.3) is 0 Å². The second kappa shape index (κ2) is 65.9. The standard InChI is InChI=1S/C75H145N2O6P/c1-6-8-10-12-14-16-18-20-22-24-26-28-30-32-33-34-35-36-37-38-39-40-41-42-43-45-47-49-51-53-55-57-59-61-63-65-67-69-75(79)76-73(72-83-84(80,81)82-71-70-77(3,4)5)74(78)68-66-64-62-60-58-56-54-52-50-48-46-44-31-29-27-25-23-21-19-17-15-13-11-9-7-2/h24,26,50,52,58,60,66,68,73-74,78H,6-23,25,27-49,51,53-57,59,61-65,67,69-72H2,1-5H3,(H-,76,79,80,81)/b26-24-,52-50+,60-58+,68-66+. The van der Waals surface area contributed by atoms with Gasteiger partial charge in [-0.15, -0.1) is 0 Å². The molecule has 0 saturated heterocycles. The topological polar surface area (TPSA) is 108 Å². The van der Waals surface area contributed by atoms with Gasteiger partial charge in [0.25, 0.3) is 7.82 Å². The van der Waals surface area contributed by atoms with Gasteiger partial charge in [0.1, 0.15) is 13.2 Å². The number of quaternary nitrogens is 1. The number of nitrogens with one attached hydrogen (secondary N) is 1. The Kier molecular flexibility index (Phi) is 64.7. The summed E-state index contributed by atoms with van der Waals surface area (Å²) in [4.78, 5) is 25.6. The largest absolute Gasteiger partial charge is 0.756 e. The van der Waals surface area contributed by atoms with Crippen LogP contribution in [0.5, 0.6) is 0 Å². The molecule has 0 spiro atoms. The molecule has 3 atom stereocenters. The fraction of sp³-hybridized carbons (Fsp3) is 0.880. The number of hydrogen-bond donors (Lipinski definition) is 2. The third kappa shape index (κ3) is 68.0. The number of likely N-dealkylation sites (N-methyl/N-ethyl adjacent to an activating group) is 1. The van der Waals surface area contributed by atoms with Crippen LogP contribution in [-0.2, 0) is 18.4 Å². The van der Waals surface area contributed by atoms with E-state index in [-0.39, 0.29) is 12.5 Å². The van der Waals surface area contributed by atoms with Gasteiger partial charge in [-0.2, -0.15) is 0 Å². The molecule has 496 valence electrons. The molecule has 0 aromatic heterocycles. The van der Waals surface area contributed by atoms with E-state index in [0.717, 1.165) is 44.9 Å². The molecule has 8 nitrogen and oxygen atoms in total. The summed E-state index contributed by atoms with van der Waals surface area (Å²) in [6.07, 6.45) is 89.8. The number of aliphatic hydroxyl groups is 1. The molecule has 0 aliphatic heterocycles. The lowest BCUT2D eigenvalue weighted by Crippen LogP contribution is -2.45. The van der Waals surface area contributed by atoms with Crippen molar-refractivity contribution in [2.75, 3.05) is 40.9 Å². The fourth-order valence-corrected chi connectivity index (χ4v) is 12.0. The van der Waals surface area contributed by atoms with Crippen LogP contribution in [0.2, 0.25) is 0 Å². The van der Waals surface area contributed by atoms with E-state index >= 15 is 0 Å². The molecule has 0 aliphatic rings. The van der Waals surface area contributed by atoms with E-state index in [1.165, 1.54) is 308 Å². The van der Waals surface area contributed by atoms with E-state index in [4.69, 9.17) is 9.05 Å². The summed E-state index contributed by atoms with van der Waals surface area (Å²) in [6, 6.07) is -0.911. The molecule has 0 fully saturated rings. The Hall–Kier alpha value is -1.54. The van der Waals surface area contributed by atoms with Gasteiger partial charge in [0.15, 0.2) is 0 Å².